The summed E-state index contributed by atoms with van der Waals surface area (Å²) in [6.45, 7) is 3.94. The quantitative estimate of drug-likeness (QED) is 0.881. The predicted octanol–water partition coefficient (Wildman–Crippen LogP) is 2.15. The average Bonchev–Trinajstić information content (AvgIpc) is 2.76. The summed E-state index contributed by atoms with van der Waals surface area (Å²) < 4.78 is 0. The number of nitrogens with zero attached hydrogens (tertiary/aromatic N) is 1. The molecule has 3 N–H and O–H groups in total. The standard InChI is InChI=1S/C13H21N3OS/c1-8-7-18-13(15-8)9(2)16-12(17)10-5-3-4-6-11(10)14/h7,9-11H,3-6,14H2,1-2H3,(H,16,17). The van der Waals surface area contributed by atoms with E-state index in [4.69, 9.17) is 5.73 Å². The number of aromatic nitrogens is 1. The molecule has 0 aromatic carbocycles. The summed E-state index contributed by atoms with van der Waals surface area (Å²) in [5.74, 6) is 0.0600. The van der Waals surface area contributed by atoms with E-state index in [0.29, 0.717) is 0 Å². The molecule has 1 aromatic heterocycles. The van der Waals surface area contributed by atoms with Crippen LogP contribution in [0.15, 0.2) is 5.38 Å². The normalized spacial score (nSPS) is 25.7. The van der Waals surface area contributed by atoms with E-state index < -0.39 is 0 Å². The Morgan fingerprint density at radius 1 is 1.56 bits per heavy atom. The van der Waals surface area contributed by atoms with Gasteiger partial charge in [0.05, 0.1) is 12.0 Å². The number of carbonyl (C=O) groups is 1. The van der Waals surface area contributed by atoms with Crippen molar-refractivity contribution in [2.24, 2.45) is 11.7 Å². The van der Waals surface area contributed by atoms with Crippen LogP contribution in [-0.2, 0) is 4.79 Å². The molecule has 1 saturated carbocycles. The SMILES string of the molecule is Cc1csc(C(C)NC(=O)C2CCCCC2N)n1. The maximum Gasteiger partial charge on any atom is 0.225 e. The van der Waals surface area contributed by atoms with E-state index in [0.717, 1.165) is 36.4 Å². The van der Waals surface area contributed by atoms with Crippen LogP contribution in [0.1, 0.15) is 49.4 Å². The van der Waals surface area contributed by atoms with Gasteiger partial charge in [-0.2, -0.15) is 0 Å². The minimum absolute atomic E-state index is 0.0176. The summed E-state index contributed by atoms with van der Waals surface area (Å²) in [4.78, 5) is 16.6. The lowest BCUT2D eigenvalue weighted by molar-refractivity contribution is -0.127. The fraction of sp³-hybridized carbons (Fsp3) is 0.692. The van der Waals surface area contributed by atoms with Crippen LogP contribution in [0.2, 0.25) is 0 Å². The maximum atomic E-state index is 12.2. The van der Waals surface area contributed by atoms with Gasteiger partial charge in [0.25, 0.3) is 0 Å². The van der Waals surface area contributed by atoms with E-state index in [1.165, 1.54) is 0 Å². The Kier molecular flexibility index (Phi) is 4.35. The van der Waals surface area contributed by atoms with Gasteiger partial charge in [-0.25, -0.2) is 4.98 Å². The monoisotopic (exact) mass is 267 g/mol. The first-order chi connectivity index (χ1) is 8.58. The zero-order chi connectivity index (χ0) is 13.1. The van der Waals surface area contributed by atoms with E-state index >= 15 is 0 Å². The molecule has 100 valence electrons. The van der Waals surface area contributed by atoms with Crippen molar-refractivity contribution in [2.45, 2.75) is 51.6 Å². The number of nitrogens with two attached hydrogens (primary N) is 1. The minimum Gasteiger partial charge on any atom is -0.347 e. The topological polar surface area (TPSA) is 68.0 Å². The molecule has 1 aromatic rings. The highest BCUT2D eigenvalue weighted by molar-refractivity contribution is 7.09. The van der Waals surface area contributed by atoms with E-state index in [2.05, 4.69) is 10.3 Å². The molecule has 1 heterocycles. The average molecular weight is 267 g/mol. The van der Waals surface area contributed by atoms with Crippen LogP contribution < -0.4 is 11.1 Å². The zero-order valence-electron chi connectivity index (χ0n) is 11.0. The summed E-state index contributed by atoms with van der Waals surface area (Å²) in [5.41, 5.74) is 7.03. The number of nitrogens with one attached hydrogen (secondary N) is 1. The summed E-state index contributed by atoms with van der Waals surface area (Å²) in [6.07, 6.45) is 4.13. The molecule has 1 fully saturated rings. The number of rotatable bonds is 3. The Bertz CT molecular complexity index is 418. The first-order valence-electron chi connectivity index (χ1n) is 6.56. The van der Waals surface area contributed by atoms with Crippen LogP contribution in [0.25, 0.3) is 0 Å². The number of thiazole rings is 1. The first kappa shape index (κ1) is 13.5. The van der Waals surface area contributed by atoms with Gasteiger partial charge < -0.3 is 11.1 Å². The van der Waals surface area contributed by atoms with Crippen molar-refractivity contribution in [3.05, 3.63) is 16.1 Å². The van der Waals surface area contributed by atoms with Gasteiger partial charge in [0.1, 0.15) is 5.01 Å². The second-order valence-electron chi connectivity index (χ2n) is 5.11. The molecule has 1 aliphatic rings. The van der Waals surface area contributed by atoms with Crippen molar-refractivity contribution >= 4 is 17.2 Å². The Morgan fingerprint density at radius 3 is 2.89 bits per heavy atom. The molecule has 2 rings (SSSR count). The van der Waals surface area contributed by atoms with Crippen molar-refractivity contribution < 1.29 is 4.79 Å². The molecule has 1 aliphatic carbocycles. The predicted molar refractivity (Wildman–Crippen MR) is 73.3 cm³/mol. The number of hydrogen-bond donors (Lipinski definition) is 2. The van der Waals surface area contributed by atoms with Crippen LogP contribution in [0.4, 0.5) is 0 Å². The highest BCUT2D eigenvalue weighted by atomic mass is 32.1. The van der Waals surface area contributed by atoms with Gasteiger partial charge in [-0.1, -0.05) is 12.8 Å². The first-order valence-corrected chi connectivity index (χ1v) is 7.44. The van der Waals surface area contributed by atoms with Crippen molar-refractivity contribution in [3.8, 4) is 0 Å². The van der Waals surface area contributed by atoms with Crippen molar-refractivity contribution in [1.82, 2.24) is 10.3 Å². The van der Waals surface area contributed by atoms with Gasteiger partial charge in [0.15, 0.2) is 0 Å². The highest BCUT2D eigenvalue weighted by Crippen LogP contribution is 2.24. The van der Waals surface area contributed by atoms with Crippen LogP contribution in [0.5, 0.6) is 0 Å². The lowest BCUT2D eigenvalue weighted by Gasteiger charge is -2.28. The summed E-state index contributed by atoms with van der Waals surface area (Å²) in [7, 11) is 0. The lowest BCUT2D eigenvalue weighted by Crippen LogP contribution is -2.44. The molecule has 0 radical (unpaired) electrons. The molecule has 18 heavy (non-hydrogen) atoms. The molecule has 3 atom stereocenters. The van der Waals surface area contributed by atoms with Gasteiger partial charge in [0.2, 0.25) is 5.91 Å². The van der Waals surface area contributed by atoms with Crippen molar-refractivity contribution in [3.63, 3.8) is 0 Å². The zero-order valence-corrected chi connectivity index (χ0v) is 11.8. The molecule has 0 aliphatic heterocycles. The number of hydrogen-bond acceptors (Lipinski definition) is 4. The lowest BCUT2D eigenvalue weighted by atomic mass is 9.84. The molecule has 3 unspecified atom stereocenters. The van der Waals surface area contributed by atoms with Crippen LogP contribution >= 0.6 is 11.3 Å². The van der Waals surface area contributed by atoms with Gasteiger partial charge in [-0.15, -0.1) is 11.3 Å². The summed E-state index contributed by atoms with van der Waals surface area (Å²) in [5, 5.41) is 6.01. The number of amides is 1. The molecule has 0 bridgehead atoms. The molecule has 0 spiro atoms. The largest absolute Gasteiger partial charge is 0.347 e. The van der Waals surface area contributed by atoms with Gasteiger partial charge >= 0.3 is 0 Å². The fourth-order valence-corrected chi connectivity index (χ4v) is 3.24. The van der Waals surface area contributed by atoms with E-state index in [1.54, 1.807) is 11.3 Å². The maximum absolute atomic E-state index is 12.2. The van der Waals surface area contributed by atoms with E-state index in [-0.39, 0.29) is 23.9 Å². The van der Waals surface area contributed by atoms with E-state index in [9.17, 15) is 4.79 Å². The van der Waals surface area contributed by atoms with Gasteiger partial charge in [-0.3, -0.25) is 4.79 Å². The third kappa shape index (κ3) is 3.09. The van der Waals surface area contributed by atoms with Crippen LogP contribution in [-0.4, -0.2) is 16.9 Å². The van der Waals surface area contributed by atoms with Crippen LogP contribution in [0.3, 0.4) is 0 Å². The second kappa shape index (κ2) is 5.80. The molecular formula is C13H21N3OS. The number of aryl methyl sites for hydroxylation is 1. The smallest absolute Gasteiger partial charge is 0.225 e. The summed E-state index contributed by atoms with van der Waals surface area (Å²) in [6, 6.07) is -0.00527. The Morgan fingerprint density at radius 2 is 2.28 bits per heavy atom. The molecular weight excluding hydrogens is 246 g/mol. The Balaban J connectivity index is 1.94. The summed E-state index contributed by atoms with van der Waals surface area (Å²) >= 11 is 1.59. The highest BCUT2D eigenvalue weighted by Gasteiger charge is 2.29. The third-order valence-corrected chi connectivity index (χ3v) is 4.67. The van der Waals surface area contributed by atoms with Gasteiger partial charge in [-0.05, 0) is 26.7 Å². The number of carbonyl (C=O) groups excluding carboxylic acids is 1. The molecule has 5 heteroatoms. The van der Waals surface area contributed by atoms with Gasteiger partial charge in [0, 0.05) is 17.1 Å². The van der Waals surface area contributed by atoms with Crippen molar-refractivity contribution in [1.29, 1.82) is 0 Å². The van der Waals surface area contributed by atoms with Crippen molar-refractivity contribution in [2.75, 3.05) is 0 Å². The van der Waals surface area contributed by atoms with Crippen LogP contribution in [0, 0.1) is 12.8 Å². The third-order valence-electron chi connectivity index (χ3n) is 3.52. The minimum atomic E-state index is -0.0257. The molecule has 0 saturated heterocycles. The Labute approximate surface area is 112 Å². The fourth-order valence-electron chi connectivity index (χ4n) is 2.44. The molecule has 1 amide bonds. The Hall–Kier alpha value is -0.940. The van der Waals surface area contributed by atoms with E-state index in [1.807, 2.05) is 19.2 Å². The molecule has 4 nitrogen and oxygen atoms in total. The second-order valence-corrected chi connectivity index (χ2v) is 6.00.